The van der Waals surface area contributed by atoms with E-state index in [4.69, 9.17) is 27.9 Å². The Bertz CT molecular complexity index is 700. The van der Waals surface area contributed by atoms with Crippen LogP contribution in [0.15, 0.2) is 12.1 Å². The number of nitrogens with zero attached hydrogens (tertiary/aromatic N) is 1. The van der Waals surface area contributed by atoms with Gasteiger partial charge in [-0.3, -0.25) is 0 Å². The molecule has 0 spiro atoms. The zero-order valence-corrected chi connectivity index (χ0v) is 17.6. The summed E-state index contributed by atoms with van der Waals surface area (Å²) in [7, 11) is 1.32. The fourth-order valence-corrected chi connectivity index (χ4v) is 3.01. The number of amides is 2. The fourth-order valence-electron chi connectivity index (χ4n) is 2.58. The Morgan fingerprint density at radius 3 is 2.48 bits per heavy atom. The highest BCUT2D eigenvalue weighted by Crippen LogP contribution is 2.34. The maximum atomic E-state index is 12.6. The monoisotopic (exact) mass is 416 g/mol. The number of hydrogen-bond donors (Lipinski definition) is 1. The lowest BCUT2D eigenvalue weighted by Gasteiger charge is -2.28. The lowest BCUT2D eigenvalue weighted by Crippen LogP contribution is -2.37. The molecule has 1 aromatic carbocycles. The van der Waals surface area contributed by atoms with Crippen molar-refractivity contribution in [2.24, 2.45) is 0 Å². The van der Waals surface area contributed by atoms with E-state index < -0.39 is 11.7 Å². The molecule has 0 unspecified atom stereocenters. The molecule has 1 aromatic rings. The fraction of sp³-hybridized carbons (Fsp3) is 0.579. The van der Waals surface area contributed by atoms with Crippen LogP contribution in [0.25, 0.3) is 0 Å². The number of rotatable bonds is 6. The van der Waals surface area contributed by atoms with Crippen LogP contribution in [0.5, 0.6) is 0 Å². The molecule has 0 bridgehead atoms. The summed E-state index contributed by atoms with van der Waals surface area (Å²) in [6.07, 6.45) is 1.63. The van der Waals surface area contributed by atoms with Crippen molar-refractivity contribution in [2.75, 3.05) is 13.7 Å². The third-order valence-corrected chi connectivity index (χ3v) is 4.83. The van der Waals surface area contributed by atoms with Crippen molar-refractivity contribution >= 4 is 35.4 Å². The van der Waals surface area contributed by atoms with Crippen LogP contribution >= 0.6 is 23.2 Å². The zero-order chi connectivity index (χ0) is 20.2. The SMILES string of the molecule is COC(=O)NCCc1cc(Cl)c(Cl)c(CN(C(=O)OC(C)(C)C)C2CC2)c1. The van der Waals surface area contributed by atoms with Gasteiger partial charge in [-0.25, -0.2) is 9.59 Å². The first-order valence-corrected chi connectivity index (χ1v) is 9.64. The Hall–Kier alpha value is -1.66. The second-order valence-corrected chi connectivity index (χ2v) is 8.34. The number of ether oxygens (including phenoxy) is 2. The molecule has 0 atom stereocenters. The van der Waals surface area contributed by atoms with Crippen molar-refractivity contribution in [2.45, 2.75) is 58.2 Å². The molecule has 2 rings (SSSR count). The van der Waals surface area contributed by atoms with Crippen molar-refractivity contribution < 1.29 is 19.1 Å². The molecule has 2 amide bonds. The molecule has 6 nitrogen and oxygen atoms in total. The number of carbonyl (C=O) groups is 2. The number of nitrogens with one attached hydrogen (secondary N) is 1. The smallest absolute Gasteiger partial charge is 0.410 e. The first-order chi connectivity index (χ1) is 12.6. The molecule has 1 N–H and O–H groups in total. The normalized spacial score (nSPS) is 13.9. The Balaban J connectivity index is 2.13. The molecule has 0 aromatic heterocycles. The van der Waals surface area contributed by atoms with Crippen LogP contribution in [0.3, 0.4) is 0 Å². The van der Waals surface area contributed by atoms with E-state index in [0.29, 0.717) is 29.6 Å². The van der Waals surface area contributed by atoms with Crippen LogP contribution in [0, 0.1) is 0 Å². The van der Waals surface area contributed by atoms with E-state index in [9.17, 15) is 9.59 Å². The Kier molecular flexibility index (Phi) is 7.23. The Morgan fingerprint density at radius 1 is 1.26 bits per heavy atom. The number of methoxy groups -OCH3 is 1. The standard InChI is InChI=1S/C19H26Cl2N2O4/c1-19(2,3)27-18(25)23(14-5-6-14)11-13-9-12(10-15(20)16(13)21)7-8-22-17(24)26-4/h9-10,14H,5-8,11H2,1-4H3,(H,22,24). The first kappa shape index (κ1) is 21.6. The second-order valence-electron chi connectivity index (χ2n) is 7.56. The summed E-state index contributed by atoms with van der Waals surface area (Å²) < 4.78 is 10.1. The zero-order valence-electron chi connectivity index (χ0n) is 16.1. The summed E-state index contributed by atoms with van der Waals surface area (Å²) >= 11 is 12.7. The van der Waals surface area contributed by atoms with E-state index in [1.165, 1.54) is 7.11 Å². The number of alkyl carbamates (subject to hydrolysis) is 1. The largest absolute Gasteiger partial charge is 0.453 e. The molecule has 0 saturated heterocycles. The van der Waals surface area contributed by atoms with E-state index in [1.54, 1.807) is 11.0 Å². The summed E-state index contributed by atoms with van der Waals surface area (Å²) in [5.74, 6) is 0. The van der Waals surface area contributed by atoms with Crippen molar-refractivity contribution in [1.82, 2.24) is 10.2 Å². The van der Waals surface area contributed by atoms with Crippen LogP contribution < -0.4 is 5.32 Å². The number of hydrogen-bond acceptors (Lipinski definition) is 4. The minimum Gasteiger partial charge on any atom is -0.453 e. The van der Waals surface area contributed by atoms with Crippen LogP contribution in [0.4, 0.5) is 9.59 Å². The number of benzene rings is 1. The van der Waals surface area contributed by atoms with Crippen LogP contribution in [0.2, 0.25) is 10.0 Å². The summed E-state index contributed by atoms with van der Waals surface area (Å²) in [5, 5.41) is 3.47. The van der Waals surface area contributed by atoms with Crippen LogP contribution in [0.1, 0.15) is 44.7 Å². The van der Waals surface area contributed by atoms with Gasteiger partial charge in [-0.05, 0) is 57.2 Å². The van der Waals surface area contributed by atoms with Crippen molar-refractivity contribution in [1.29, 1.82) is 0 Å². The minimum atomic E-state index is -0.562. The van der Waals surface area contributed by atoms with Crippen molar-refractivity contribution in [3.8, 4) is 0 Å². The number of halogens is 2. The average molecular weight is 417 g/mol. The first-order valence-electron chi connectivity index (χ1n) is 8.89. The lowest BCUT2D eigenvalue weighted by atomic mass is 10.1. The third kappa shape index (κ3) is 6.78. The second kappa shape index (κ2) is 9.02. The molecule has 0 heterocycles. The highest BCUT2D eigenvalue weighted by Gasteiger charge is 2.35. The van der Waals surface area contributed by atoms with Gasteiger partial charge in [0.1, 0.15) is 5.60 Å². The summed E-state index contributed by atoms with van der Waals surface area (Å²) in [6.45, 7) is 6.26. The molecular formula is C19H26Cl2N2O4. The van der Waals surface area contributed by atoms with E-state index in [1.807, 2.05) is 26.8 Å². The van der Waals surface area contributed by atoms with Gasteiger partial charge in [-0.15, -0.1) is 0 Å². The van der Waals surface area contributed by atoms with Gasteiger partial charge in [-0.1, -0.05) is 29.3 Å². The molecular weight excluding hydrogens is 391 g/mol. The molecule has 0 aliphatic heterocycles. The topological polar surface area (TPSA) is 67.9 Å². The van der Waals surface area contributed by atoms with Gasteiger partial charge >= 0.3 is 12.2 Å². The van der Waals surface area contributed by atoms with Crippen molar-refractivity contribution in [3.05, 3.63) is 33.3 Å². The average Bonchev–Trinajstić information content (AvgIpc) is 3.39. The molecule has 1 fully saturated rings. The van der Waals surface area contributed by atoms with Gasteiger partial charge in [0.2, 0.25) is 0 Å². The summed E-state index contributed by atoms with van der Waals surface area (Å²) in [4.78, 5) is 25.4. The van der Waals surface area contributed by atoms with Crippen LogP contribution in [-0.4, -0.2) is 42.4 Å². The van der Waals surface area contributed by atoms with E-state index in [-0.39, 0.29) is 12.1 Å². The molecule has 27 heavy (non-hydrogen) atoms. The lowest BCUT2D eigenvalue weighted by molar-refractivity contribution is 0.0216. The molecule has 1 aliphatic carbocycles. The number of carbonyl (C=O) groups excluding carboxylic acids is 2. The third-order valence-electron chi connectivity index (χ3n) is 3.99. The van der Waals surface area contributed by atoms with Gasteiger partial charge in [0.15, 0.2) is 0 Å². The van der Waals surface area contributed by atoms with Gasteiger partial charge in [0.25, 0.3) is 0 Å². The minimum absolute atomic E-state index is 0.166. The van der Waals surface area contributed by atoms with Crippen molar-refractivity contribution in [3.63, 3.8) is 0 Å². The van der Waals surface area contributed by atoms with E-state index >= 15 is 0 Å². The molecule has 8 heteroatoms. The van der Waals surface area contributed by atoms with Gasteiger partial charge in [0, 0.05) is 12.6 Å². The van der Waals surface area contributed by atoms with Gasteiger partial charge < -0.3 is 19.7 Å². The van der Waals surface area contributed by atoms with E-state index in [2.05, 4.69) is 10.1 Å². The Morgan fingerprint density at radius 2 is 1.93 bits per heavy atom. The maximum Gasteiger partial charge on any atom is 0.410 e. The summed E-state index contributed by atoms with van der Waals surface area (Å²) in [5.41, 5.74) is 1.11. The molecule has 1 aliphatic rings. The maximum absolute atomic E-state index is 12.6. The predicted octanol–water partition coefficient (Wildman–Crippen LogP) is 4.79. The summed E-state index contributed by atoms with van der Waals surface area (Å²) in [6, 6.07) is 3.84. The predicted molar refractivity (Wildman–Crippen MR) is 105 cm³/mol. The quantitative estimate of drug-likeness (QED) is 0.723. The van der Waals surface area contributed by atoms with E-state index in [0.717, 1.165) is 24.0 Å². The molecule has 150 valence electrons. The molecule has 1 saturated carbocycles. The highest BCUT2D eigenvalue weighted by atomic mass is 35.5. The Labute approximate surface area is 170 Å². The highest BCUT2D eigenvalue weighted by molar-refractivity contribution is 6.42. The van der Waals surface area contributed by atoms with Gasteiger partial charge in [0.05, 0.1) is 23.7 Å². The molecule has 0 radical (unpaired) electrons. The van der Waals surface area contributed by atoms with Crippen LogP contribution in [-0.2, 0) is 22.4 Å². The van der Waals surface area contributed by atoms with Gasteiger partial charge in [-0.2, -0.15) is 0 Å².